The molecule has 4 heterocycles. The number of methoxy groups -OCH3 is 2. The van der Waals surface area contributed by atoms with Crippen LogP contribution in [0.5, 0.6) is 11.5 Å². The van der Waals surface area contributed by atoms with Gasteiger partial charge in [0.05, 0.1) is 25.7 Å². The molecule has 1 aliphatic rings. The number of rotatable bonds is 9. The number of carbonyl (C=O) groups excluding carboxylic acids is 1. The Labute approximate surface area is 252 Å². The molecule has 0 radical (unpaired) electrons. The molecular formula is C30H29N7O3S2. The Balaban J connectivity index is 1.14. The minimum Gasteiger partial charge on any atom is -0.497 e. The molecule has 12 heteroatoms. The van der Waals surface area contributed by atoms with Crippen molar-refractivity contribution in [1.29, 1.82) is 0 Å². The van der Waals surface area contributed by atoms with Crippen LogP contribution in [-0.2, 0) is 5.75 Å². The largest absolute Gasteiger partial charge is 0.497 e. The number of piperazine rings is 1. The van der Waals surface area contributed by atoms with Gasteiger partial charge in [-0.1, -0.05) is 23.9 Å². The van der Waals surface area contributed by atoms with E-state index in [0.717, 1.165) is 40.8 Å². The lowest BCUT2D eigenvalue weighted by Crippen LogP contribution is -2.48. The first-order chi connectivity index (χ1) is 20.6. The van der Waals surface area contributed by atoms with E-state index in [1.807, 2.05) is 63.4 Å². The summed E-state index contributed by atoms with van der Waals surface area (Å²) in [6, 6.07) is 19.6. The third-order valence-corrected chi connectivity index (χ3v) is 8.97. The van der Waals surface area contributed by atoms with Crippen molar-refractivity contribution >= 4 is 34.7 Å². The van der Waals surface area contributed by atoms with Gasteiger partial charge in [0.15, 0.2) is 11.0 Å². The summed E-state index contributed by atoms with van der Waals surface area (Å²) in [4.78, 5) is 26.2. The number of thioether (sulfide) groups is 1. The summed E-state index contributed by atoms with van der Waals surface area (Å²) in [5.41, 5.74) is 3.34. The van der Waals surface area contributed by atoms with Crippen LogP contribution in [0.4, 0.5) is 5.69 Å². The van der Waals surface area contributed by atoms with Crippen LogP contribution in [0.2, 0.25) is 0 Å². The van der Waals surface area contributed by atoms with Crippen LogP contribution in [0.3, 0.4) is 0 Å². The van der Waals surface area contributed by atoms with Crippen molar-refractivity contribution in [3.8, 4) is 28.6 Å². The Bertz CT molecular complexity index is 1650. The molecule has 0 saturated carbocycles. The first kappa shape index (κ1) is 27.7. The van der Waals surface area contributed by atoms with Crippen molar-refractivity contribution in [1.82, 2.24) is 29.6 Å². The molecule has 0 spiro atoms. The van der Waals surface area contributed by atoms with Gasteiger partial charge in [0, 0.05) is 55.2 Å². The molecule has 2 aromatic carbocycles. The van der Waals surface area contributed by atoms with Crippen LogP contribution < -0.4 is 14.4 Å². The Morgan fingerprint density at radius 1 is 0.929 bits per heavy atom. The highest BCUT2D eigenvalue weighted by molar-refractivity contribution is 7.98. The van der Waals surface area contributed by atoms with Gasteiger partial charge < -0.3 is 19.3 Å². The van der Waals surface area contributed by atoms with E-state index in [1.165, 1.54) is 23.1 Å². The summed E-state index contributed by atoms with van der Waals surface area (Å²) in [5, 5.41) is 12.4. The van der Waals surface area contributed by atoms with Crippen molar-refractivity contribution in [3.63, 3.8) is 0 Å². The minimum atomic E-state index is -0.0333. The maximum atomic E-state index is 13.3. The van der Waals surface area contributed by atoms with E-state index in [1.54, 1.807) is 26.6 Å². The quantitative estimate of drug-likeness (QED) is 0.215. The summed E-state index contributed by atoms with van der Waals surface area (Å²) < 4.78 is 12.9. The number of hydrogen-bond acceptors (Lipinski definition) is 10. The molecule has 0 aliphatic carbocycles. The second kappa shape index (κ2) is 12.6. The Morgan fingerprint density at radius 3 is 2.43 bits per heavy atom. The van der Waals surface area contributed by atoms with Crippen molar-refractivity contribution in [2.24, 2.45) is 0 Å². The lowest BCUT2D eigenvalue weighted by atomic mass is 10.2. The molecule has 0 N–H and O–H groups in total. The number of aromatic nitrogens is 5. The maximum absolute atomic E-state index is 13.3. The zero-order chi connectivity index (χ0) is 28.9. The number of pyridine rings is 1. The molecule has 1 amide bonds. The maximum Gasteiger partial charge on any atom is 0.273 e. The summed E-state index contributed by atoms with van der Waals surface area (Å²) in [5.74, 6) is 2.75. The average molecular weight is 600 g/mol. The van der Waals surface area contributed by atoms with Gasteiger partial charge in [0.2, 0.25) is 0 Å². The summed E-state index contributed by atoms with van der Waals surface area (Å²) in [6.45, 7) is 2.82. The van der Waals surface area contributed by atoms with E-state index < -0.39 is 0 Å². The van der Waals surface area contributed by atoms with E-state index in [4.69, 9.17) is 9.47 Å². The van der Waals surface area contributed by atoms with Gasteiger partial charge in [-0.3, -0.25) is 14.3 Å². The summed E-state index contributed by atoms with van der Waals surface area (Å²) in [6.07, 6.45) is 3.47. The van der Waals surface area contributed by atoms with Gasteiger partial charge in [-0.05, 0) is 48.5 Å². The molecule has 1 aliphatic heterocycles. The van der Waals surface area contributed by atoms with Gasteiger partial charge in [0.25, 0.3) is 5.91 Å². The van der Waals surface area contributed by atoms with E-state index in [2.05, 4.69) is 37.2 Å². The number of thiazole rings is 1. The fraction of sp³-hybridized carbons (Fsp3) is 0.233. The lowest BCUT2D eigenvalue weighted by Gasteiger charge is -2.35. The van der Waals surface area contributed by atoms with E-state index in [-0.39, 0.29) is 5.91 Å². The Morgan fingerprint density at radius 2 is 1.69 bits per heavy atom. The van der Waals surface area contributed by atoms with Crippen molar-refractivity contribution in [2.45, 2.75) is 10.9 Å². The third-order valence-electron chi connectivity index (χ3n) is 7.00. The number of nitrogens with zero attached hydrogens (tertiary/aromatic N) is 7. The number of benzene rings is 2. The first-order valence-electron chi connectivity index (χ1n) is 13.4. The summed E-state index contributed by atoms with van der Waals surface area (Å²) >= 11 is 3.00. The predicted octanol–water partition coefficient (Wildman–Crippen LogP) is 5.06. The van der Waals surface area contributed by atoms with Crippen LogP contribution in [0, 0.1) is 0 Å². The first-order valence-corrected chi connectivity index (χ1v) is 15.3. The monoisotopic (exact) mass is 599 g/mol. The van der Waals surface area contributed by atoms with Gasteiger partial charge in [-0.25, -0.2) is 4.98 Å². The van der Waals surface area contributed by atoms with Gasteiger partial charge in [-0.15, -0.1) is 21.5 Å². The molecule has 0 atom stereocenters. The van der Waals surface area contributed by atoms with Crippen LogP contribution in [-0.4, -0.2) is 75.9 Å². The number of hydrogen-bond donors (Lipinski definition) is 0. The highest BCUT2D eigenvalue weighted by atomic mass is 32.2. The molecule has 5 aromatic rings. The van der Waals surface area contributed by atoms with Crippen molar-refractivity contribution in [2.75, 3.05) is 45.3 Å². The van der Waals surface area contributed by atoms with Gasteiger partial charge in [-0.2, -0.15) is 0 Å². The van der Waals surface area contributed by atoms with Gasteiger partial charge >= 0.3 is 0 Å². The Kier molecular flexibility index (Phi) is 8.33. The van der Waals surface area contributed by atoms with Gasteiger partial charge in [0.1, 0.15) is 22.2 Å². The topological polar surface area (TPSA) is 98.5 Å². The number of ether oxygens (including phenoxy) is 2. The number of para-hydroxylation sites is 2. The second-order valence-electron chi connectivity index (χ2n) is 9.44. The van der Waals surface area contributed by atoms with Crippen LogP contribution in [0.25, 0.3) is 17.1 Å². The minimum absolute atomic E-state index is 0.0333. The molecule has 1 saturated heterocycles. The molecular weight excluding hydrogens is 571 g/mol. The van der Waals surface area contributed by atoms with Crippen molar-refractivity contribution < 1.29 is 14.3 Å². The number of amides is 1. The molecule has 0 unspecified atom stereocenters. The average Bonchev–Trinajstić information content (AvgIpc) is 3.71. The predicted molar refractivity (Wildman–Crippen MR) is 164 cm³/mol. The third kappa shape index (κ3) is 5.81. The SMILES string of the molecule is COc1ccc(N2CCN(C(=O)c3csc(CSc4nnc(-c5ccncc5)n4-c4ccccc4OC)n3)CC2)cc1. The number of anilines is 1. The standard InChI is InChI=1S/C30H29N7O3S2/c1-39-23-9-7-22(8-10-23)35-15-17-36(18-16-35)29(38)24-19-41-27(32-24)20-42-30-34-33-28(21-11-13-31-14-12-21)37(30)25-5-3-4-6-26(25)40-2/h3-14,19H,15-18,20H2,1-2H3. The van der Waals surface area contributed by atoms with E-state index in [0.29, 0.717) is 41.3 Å². The second-order valence-corrected chi connectivity index (χ2v) is 11.3. The van der Waals surface area contributed by atoms with Crippen LogP contribution in [0.1, 0.15) is 15.5 Å². The van der Waals surface area contributed by atoms with Crippen LogP contribution in [0.15, 0.2) is 83.6 Å². The fourth-order valence-electron chi connectivity index (χ4n) is 4.81. The molecule has 214 valence electrons. The summed E-state index contributed by atoms with van der Waals surface area (Å²) in [7, 11) is 3.31. The molecule has 0 bridgehead atoms. The normalized spacial score (nSPS) is 13.3. The lowest BCUT2D eigenvalue weighted by molar-refractivity contribution is 0.0741. The fourth-order valence-corrected chi connectivity index (χ4v) is 6.54. The smallest absolute Gasteiger partial charge is 0.273 e. The Hall–Kier alpha value is -4.42. The molecule has 3 aromatic heterocycles. The van der Waals surface area contributed by atoms with Crippen LogP contribution >= 0.6 is 23.1 Å². The highest BCUT2D eigenvalue weighted by Gasteiger charge is 2.25. The zero-order valence-electron chi connectivity index (χ0n) is 23.2. The van der Waals surface area contributed by atoms with Crippen molar-refractivity contribution in [3.05, 3.63) is 89.1 Å². The van der Waals surface area contributed by atoms with E-state index >= 15 is 0 Å². The number of carbonyl (C=O) groups is 1. The van der Waals surface area contributed by atoms with E-state index in [9.17, 15) is 4.79 Å². The highest BCUT2D eigenvalue weighted by Crippen LogP contribution is 2.34. The zero-order valence-corrected chi connectivity index (χ0v) is 24.8. The molecule has 1 fully saturated rings. The molecule has 10 nitrogen and oxygen atoms in total. The molecule has 6 rings (SSSR count). The molecule has 42 heavy (non-hydrogen) atoms.